The van der Waals surface area contributed by atoms with E-state index >= 15 is 0 Å². The lowest BCUT2D eigenvalue weighted by Gasteiger charge is -2.32. The van der Waals surface area contributed by atoms with E-state index in [1.807, 2.05) is 13.8 Å². The molecule has 1 heterocycles. The molecule has 0 aliphatic carbocycles. The van der Waals surface area contributed by atoms with Gasteiger partial charge in [-0.25, -0.2) is 0 Å². The third kappa shape index (κ3) is 4.85. The van der Waals surface area contributed by atoms with Crippen molar-refractivity contribution in [3.63, 3.8) is 0 Å². The number of hydrogen-bond acceptors (Lipinski definition) is 4. The maximum atomic E-state index is 11.1. The van der Waals surface area contributed by atoms with Gasteiger partial charge >= 0.3 is 5.97 Å². The van der Waals surface area contributed by atoms with Crippen molar-refractivity contribution in [2.75, 3.05) is 32.0 Å². The highest BCUT2D eigenvalue weighted by molar-refractivity contribution is 8.00. The summed E-state index contributed by atoms with van der Waals surface area (Å²) < 4.78 is 5.66. The van der Waals surface area contributed by atoms with Crippen LogP contribution in [0, 0.1) is 5.92 Å². The minimum absolute atomic E-state index is 0.156. The Labute approximate surface area is 108 Å². The number of carbonyl (C=O) groups is 1. The van der Waals surface area contributed by atoms with E-state index in [1.54, 1.807) is 0 Å². The number of nitrogens with zero attached hydrogens (tertiary/aromatic N) is 1. The number of ether oxygens (including phenoxy) is 1. The molecule has 1 aliphatic rings. The first kappa shape index (κ1) is 14.8. The summed E-state index contributed by atoms with van der Waals surface area (Å²) in [5.41, 5.74) is 0. The van der Waals surface area contributed by atoms with Crippen molar-refractivity contribution in [2.24, 2.45) is 5.92 Å². The third-order valence-corrected chi connectivity index (χ3v) is 4.65. The van der Waals surface area contributed by atoms with E-state index in [0.29, 0.717) is 0 Å². The standard InChI is InChI=1S/C12H23NO3S/c1-4-13-5-6-16-10(7-13)8-17-11(9(2)3)12(14)15/h9-11H,4-8H2,1-3H3,(H,14,15). The van der Waals surface area contributed by atoms with E-state index in [-0.39, 0.29) is 17.3 Å². The Balaban J connectivity index is 2.35. The molecule has 100 valence electrons. The van der Waals surface area contributed by atoms with Gasteiger partial charge in [-0.3, -0.25) is 9.69 Å². The van der Waals surface area contributed by atoms with Crippen molar-refractivity contribution in [3.05, 3.63) is 0 Å². The third-order valence-electron chi connectivity index (χ3n) is 2.98. The minimum atomic E-state index is -0.715. The first-order chi connectivity index (χ1) is 8.04. The molecule has 1 saturated heterocycles. The van der Waals surface area contributed by atoms with E-state index < -0.39 is 5.97 Å². The predicted octanol–water partition coefficient (Wildman–Crippen LogP) is 1.55. The smallest absolute Gasteiger partial charge is 0.316 e. The number of carboxylic acids is 1. The van der Waals surface area contributed by atoms with Crippen molar-refractivity contribution < 1.29 is 14.6 Å². The van der Waals surface area contributed by atoms with E-state index in [2.05, 4.69) is 11.8 Å². The molecular formula is C12H23NO3S. The van der Waals surface area contributed by atoms with Crippen LogP contribution in [0.2, 0.25) is 0 Å². The number of hydrogen-bond donors (Lipinski definition) is 1. The molecule has 17 heavy (non-hydrogen) atoms. The summed E-state index contributed by atoms with van der Waals surface area (Å²) >= 11 is 1.51. The molecule has 5 heteroatoms. The van der Waals surface area contributed by atoms with Gasteiger partial charge in [0.25, 0.3) is 0 Å². The second kappa shape index (κ2) is 7.24. The van der Waals surface area contributed by atoms with Crippen molar-refractivity contribution in [1.29, 1.82) is 0 Å². The average molecular weight is 261 g/mol. The zero-order valence-corrected chi connectivity index (χ0v) is 11.7. The summed E-state index contributed by atoms with van der Waals surface area (Å²) in [6.07, 6.45) is 0.175. The Kier molecular flexibility index (Phi) is 6.30. The number of carboxylic acid groups (broad SMARTS) is 1. The fourth-order valence-corrected chi connectivity index (χ4v) is 3.08. The van der Waals surface area contributed by atoms with E-state index in [4.69, 9.17) is 9.84 Å². The van der Waals surface area contributed by atoms with Gasteiger partial charge in [-0.15, -0.1) is 11.8 Å². The van der Waals surface area contributed by atoms with Crippen molar-refractivity contribution in [2.45, 2.75) is 32.1 Å². The average Bonchev–Trinajstić information content (AvgIpc) is 2.28. The largest absolute Gasteiger partial charge is 0.480 e. The Morgan fingerprint density at radius 2 is 2.29 bits per heavy atom. The van der Waals surface area contributed by atoms with Gasteiger partial charge in [0.05, 0.1) is 12.7 Å². The van der Waals surface area contributed by atoms with Crippen LogP contribution < -0.4 is 0 Å². The van der Waals surface area contributed by atoms with E-state index in [9.17, 15) is 4.79 Å². The molecule has 0 aromatic heterocycles. The first-order valence-corrected chi connectivity index (χ1v) is 7.27. The lowest BCUT2D eigenvalue weighted by atomic mass is 10.1. The topological polar surface area (TPSA) is 49.8 Å². The van der Waals surface area contributed by atoms with Crippen LogP contribution in [0.5, 0.6) is 0 Å². The maximum Gasteiger partial charge on any atom is 0.316 e. The van der Waals surface area contributed by atoms with Gasteiger partial charge in [0.2, 0.25) is 0 Å². The van der Waals surface area contributed by atoms with Gasteiger partial charge in [0.1, 0.15) is 5.25 Å². The molecule has 2 atom stereocenters. The molecule has 1 N–H and O–H groups in total. The predicted molar refractivity (Wildman–Crippen MR) is 70.6 cm³/mol. The summed E-state index contributed by atoms with van der Waals surface area (Å²) in [7, 11) is 0. The highest BCUT2D eigenvalue weighted by Crippen LogP contribution is 2.22. The summed E-state index contributed by atoms with van der Waals surface area (Å²) in [4.78, 5) is 13.4. The molecule has 0 spiro atoms. The highest BCUT2D eigenvalue weighted by atomic mass is 32.2. The van der Waals surface area contributed by atoms with Crippen molar-refractivity contribution in [1.82, 2.24) is 4.90 Å². The van der Waals surface area contributed by atoms with Gasteiger partial charge in [-0.2, -0.15) is 0 Å². The van der Waals surface area contributed by atoms with Crippen LogP contribution in [0.3, 0.4) is 0 Å². The molecule has 1 aliphatic heterocycles. The second-order valence-corrected chi connectivity index (χ2v) is 5.90. The molecule has 4 nitrogen and oxygen atoms in total. The second-order valence-electron chi connectivity index (χ2n) is 4.72. The Hall–Kier alpha value is -0.260. The molecule has 0 radical (unpaired) electrons. The normalized spacial score (nSPS) is 23.9. The van der Waals surface area contributed by atoms with Crippen molar-refractivity contribution in [3.8, 4) is 0 Å². The Morgan fingerprint density at radius 3 is 2.82 bits per heavy atom. The summed E-state index contributed by atoms with van der Waals surface area (Å²) in [5.74, 6) is 0.211. The molecule has 0 saturated carbocycles. The number of thioether (sulfide) groups is 1. The molecule has 0 bridgehead atoms. The molecule has 0 aromatic carbocycles. The zero-order chi connectivity index (χ0) is 12.8. The van der Waals surface area contributed by atoms with Gasteiger partial charge in [-0.1, -0.05) is 20.8 Å². The molecule has 0 aromatic rings. The SMILES string of the molecule is CCN1CCOC(CSC(C(=O)O)C(C)C)C1. The molecule has 2 unspecified atom stereocenters. The van der Waals surface area contributed by atoms with Crippen LogP contribution >= 0.6 is 11.8 Å². The van der Waals surface area contributed by atoms with Crippen molar-refractivity contribution >= 4 is 17.7 Å². The highest BCUT2D eigenvalue weighted by Gasteiger charge is 2.25. The maximum absolute atomic E-state index is 11.1. The number of aliphatic carboxylic acids is 1. The minimum Gasteiger partial charge on any atom is -0.480 e. The number of morpholine rings is 1. The monoisotopic (exact) mass is 261 g/mol. The Morgan fingerprint density at radius 1 is 1.59 bits per heavy atom. The van der Waals surface area contributed by atoms with Gasteiger partial charge < -0.3 is 9.84 Å². The van der Waals surface area contributed by atoms with Crippen LogP contribution in [0.1, 0.15) is 20.8 Å². The lowest BCUT2D eigenvalue weighted by Crippen LogP contribution is -2.43. The molecule has 1 rings (SSSR count). The zero-order valence-electron chi connectivity index (χ0n) is 10.9. The van der Waals surface area contributed by atoms with Gasteiger partial charge in [0.15, 0.2) is 0 Å². The van der Waals surface area contributed by atoms with Crippen LogP contribution in [-0.4, -0.2) is 59.3 Å². The number of likely N-dealkylation sites (N-methyl/N-ethyl adjacent to an activating group) is 1. The Bertz CT molecular complexity index is 248. The molecule has 1 fully saturated rings. The lowest BCUT2D eigenvalue weighted by molar-refractivity contribution is -0.137. The fourth-order valence-electron chi connectivity index (χ4n) is 1.93. The molecule has 0 amide bonds. The van der Waals surface area contributed by atoms with E-state index in [1.165, 1.54) is 11.8 Å². The first-order valence-electron chi connectivity index (χ1n) is 6.23. The van der Waals surface area contributed by atoms with Crippen LogP contribution in [0.4, 0.5) is 0 Å². The fraction of sp³-hybridized carbons (Fsp3) is 0.917. The quantitative estimate of drug-likeness (QED) is 0.786. The number of rotatable bonds is 6. The van der Waals surface area contributed by atoms with E-state index in [0.717, 1.165) is 32.0 Å². The van der Waals surface area contributed by atoms with Gasteiger partial charge in [0, 0.05) is 18.8 Å². The van der Waals surface area contributed by atoms with Gasteiger partial charge in [-0.05, 0) is 12.5 Å². The summed E-state index contributed by atoms with van der Waals surface area (Å²) in [5, 5.41) is 8.78. The van der Waals surface area contributed by atoms with Crippen LogP contribution in [-0.2, 0) is 9.53 Å². The summed E-state index contributed by atoms with van der Waals surface area (Å²) in [6, 6.07) is 0. The summed E-state index contributed by atoms with van der Waals surface area (Å²) in [6.45, 7) is 9.76. The molecular weight excluding hydrogens is 238 g/mol. The van der Waals surface area contributed by atoms with Crippen LogP contribution in [0.25, 0.3) is 0 Å². The van der Waals surface area contributed by atoms with Crippen LogP contribution in [0.15, 0.2) is 0 Å².